The summed E-state index contributed by atoms with van der Waals surface area (Å²) in [6.45, 7) is 8.15. The molecule has 0 aromatic rings. The molecule has 4 nitrogen and oxygen atoms in total. The van der Waals surface area contributed by atoms with Crippen molar-refractivity contribution in [3.63, 3.8) is 0 Å². The number of hydrogen-bond acceptors (Lipinski definition) is 4. The summed E-state index contributed by atoms with van der Waals surface area (Å²) < 4.78 is 59.2. The first-order valence-corrected chi connectivity index (χ1v) is 9.38. The first-order valence-electron chi connectivity index (χ1n) is 9.38. The highest BCUT2D eigenvalue weighted by atomic mass is 19.4. The minimum atomic E-state index is -4.55. The van der Waals surface area contributed by atoms with E-state index in [1.54, 1.807) is 6.08 Å². The molecular formula is C19H26F3NO3. The SMILES string of the molecule is C=CCNCC1=C(C(F)(F)F)OC2OC3(C)CCC4C(C)CCC1C24O3. The van der Waals surface area contributed by atoms with E-state index in [1.165, 1.54) is 0 Å². The minimum Gasteiger partial charge on any atom is -0.456 e. The van der Waals surface area contributed by atoms with Gasteiger partial charge in [-0.05, 0) is 43.6 Å². The molecule has 1 N–H and O–H groups in total. The van der Waals surface area contributed by atoms with Crippen molar-refractivity contribution in [1.29, 1.82) is 0 Å². The molecule has 2 bridgehead atoms. The van der Waals surface area contributed by atoms with Crippen molar-refractivity contribution in [2.45, 2.75) is 63.4 Å². The second-order valence-corrected chi connectivity index (χ2v) is 8.18. The Kier molecular flexibility index (Phi) is 4.21. The van der Waals surface area contributed by atoms with E-state index in [1.807, 2.05) is 6.92 Å². The van der Waals surface area contributed by atoms with Crippen LogP contribution in [0.1, 0.15) is 39.5 Å². The number of halogens is 3. The number of allylic oxidation sites excluding steroid dienone is 1. The monoisotopic (exact) mass is 373 g/mol. The zero-order valence-electron chi connectivity index (χ0n) is 15.2. The van der Waals surface area contributed by atoms with Gasteiger partial charge in [0.25, 0.3) is 0 Å². The Morgan fingerprint density at radius 2 is 2.08 bits per heavy atom. The topological polar surface area (TPSA) is 39.7 Å². The van der Waals surface area contributed by atoms with E-state index in [0.717, 1.165) is 12.8 Å². The Morgan fingerprint density at radius 3 is 2.77 bits per heavy atom. The third-order valence-corrected chi connectivity index (χ3v) is 6.55. The van der Waals surface area contributed by atoms with Crippen LogP contribution in [0.4, 0.5) is 13.2 Å². The van der Waals surface area contributed by atoms with Gasteiger partial charge in [-0.25, -0.2) is 0 Å². The summed E-state index contributed by atoms with van der Waals surface area (Å²) in [6, 6.07) is 0. The largest absolute Gasteiger partial charge is 0.456 e. The van der Waals surface area contributed by atoms with Crippen LogP contribution < -0.4 is 5.32 Å². The summed E-state index contributed by atoms with van der Waals surface area (Å²) in [5.41, 5.74) is -0.549. The highest BCUT2D eigenvalue weighted by Gasteiger charge is 2.72. The van der Waals surface area contributed by atoms with Gasteiger partial charge in [0.15, 0.2) is 5.79 Å². The molecule has 4 aliphatic rings. The first-order chi connectivity index (χ1) is 12.2. The fourth-order valence-electron chi connectivity index (χ4n) is 5.51. The molecule has 146 valence electrons. The molecular weight excluding hydrogens is 347 g/mol. The molecule has 1 saturated carbocycles. The van der Waals surface area contributed by atoms with Gasteiger partial charge in [-0.15, -0.1) is 6.58 Å². The van der Waals surface area contributed by atoms with E-state index in [4.69, 9.17) is 14.2 Å². The van der Waals surface area contributed by atoms with Gasteiger partial charge in [0, 0.05) is 25.4 Å². The smallest absolute Gasteiger partial charge is 0.449 e. The Balaban J connectivity index is 1.80. The molecule has 0 aromatic carbocycles. The van der Waals surface area contributed by atoms with Crippen LogP contribution in [0.5, 0.6) is 0 Å². The third kappa shape index (κ3) is 2.54. The van der Waals surface area contributed by atoms with Crippen LogP contribution in [0, 0.1) is 17.8 Å². The second kappa shape index (κ2) is 5.97. The number of nitrogens with one attached hydrogen (secondary N) is 1. The maximum absolute atomic E-state index is 13.8. The van der Waals surface area contributed by atoms with Crippen molar-refractivity contribution in [2.75, 3.05) is 13.1 Å². The molecule has 1 spiro atoms. The Bertz CT molecular complexity index is 634. The van der Waals surface area contributed by atoms with E-state index in [2.05, 4.69) is 18.8 Å². The summed E-state index contributed by atoms with van der Waals surface area (Å²) >= 11 is 0. The van der Waals surface area contributed by atoms with Crippen molar-refractivity contribution in [2.24, 2.45) is 17.8 Å². The molecule has 3 heterocycles. The molecule has 6 atom stereocenters. The van der Waals surface area contributed by atoms with Crippen LogP contribution in [0.15, 0.2) is 24.0 Å². The maximum atomic E-state index is 13.8. The van der Waals surface area contributed by atoms with Gasteiger partial charge in [0.1, 0.15) is 5.60 Å². The zero-order valence-corrected chi connectivity index (χ0v) is 15.2. The number of fused-ring (bicyclic) bond motifs is 1. The molecule has 6 unspecified atom stereocenters. The Labute approximate surface area is 151 Å². The van der Waals surface area contributed by atoms with Gasteiger partial charge in [-0.2, -0.15) is 13.2 Å². The second-order valence-electron chi connectivity index (χ2n) is 8.18. The number of rotatable bonds is 4. The molecule has 1 aliphatic carbocycles. The molecule has 0 aromatic heterocycles. The van der Waals surface area contributed by atoms with Crippen molar-refractivity contribution in [1.82, 2.24) is 5.32 Å². The lowest BCUT2D eigenvalue weighted by atomic mass is 9.58. The predicted molar refractivity (Wildman–Crippen MR) is 88.9 cm³/mol. The van der Waals surface area contributed by atoms with E-state index in [9.17, 15) is 13.2 Å². The van der Waals surface area contributed by atoms with Crippen LogP contribution in [0.25, 0.3) is 0 Å². The molecule has 26 heavy (non-hydrogen) atoms. The lowest BCUT2D eigenvalue weighted by molar-refractivity contribution is -0.249. The lowest BCUT2D eigenvalue weighted by Crippen LogP contribution is -2.63. The summed E-state index contributed by atoms with van der Waals surface area (Å²) in [5, 5.41) is 3.03. The molecule has 0 radical (unpaired) electrons. The van der Waals surface area contributed by atoms with Crippen molar-refractivity contribution < 1.29 is 27.4 Å². The summed E-state index contributed by atoms with van der Waals surface area (Å²) in [7, 11) is 0. The van der Waals surface area contributed by atoms with Crippen LogP contribution in [0.2, 0.25) is 0 Å². The van der Waals surface area contributed by atoms with Crippen molar-refractivity contribution >= 4 is 0 Å². The van der Waals surface area contributed by atoms with Gasteiger partial charge in [0.05, 0.1) is 0 Å². The van der Waals surface area contributed by atoms with Crippen molar-refractivity contribution in [3.05, 3.63) is 24.0 Å². The van der Waals surface area contributed by atoms with E-state index >= 15 is 0 Å². The summed E-state index contributed by atoms with van der Waals surface area (Å²) in [5.74, 6) is -1.59. The first kappa shape index (κ1) is 18.3. The molecule has 7 heteroatoms. The van der Waals surface area contributed by atoms with Gasteiger partial charge >= 0.3 is 6.18 Å². The molecule has 2 saturated heterocycles. The highest BCUT2D eigenvalue weighted by molar-refractivity contribution is 5.30. The van der Waals surface area contributed by atoms with Gasteiger partial charge in [0.2, 0.25) is 12.0 Å². The van der Waals surface area contributed by atoms with Crippen LogP contribution in [-0.4, -0.2) is 36.9 Å². The number of alkyl halides is 3. The van der Waals surface area contributed by atoms with Crippen molar-refractivity contribution in [3.8, 4) is 0 Å². The highest BCUT2D eigenvalue weighted by Crippen LogP contribution is 2.63. The van der Waals surface area contributed by atoms with Crippen LogP contribution >= 0.6 is 0 Å². The summed E-state index contributed by atoms with van der Waals surface area (Å²) in [4.78, 5) is 0. The molecule has 0 amide bonds. The lowest BCUT2D eigenvalue weighted by Gasteiger charge is -2.55. The molecule has 4 rings (SSSR count). The maximum Gasteiger partial charge on any atom is 0.449 e. The van der Waals surface area contributed by atoms with Gasteiger partial charge in [-0.1, -0.05) is 13.0 Å². The average molecular weight is 373 g/mol. The fourth-order valence-corrected chi connectivity index (χ4v) is 5.51. The van der Waals surface area contributed by atoms with Crippen LogP contribution in [0.3, 0.4) is 0 Å². The zero-order chi connectivity index (χ0) is 18.7. The molecule has 3 aliphatic heterocycles. The number of hydrogen-bond donors (Lipinski definition) is 1. The Morgan fingerprint density at radius 1 is 1.31 bits per heavy atom. The quantitative estimate of drug-likeness (QED) is 0.599. The minimum absolute atomic E-state index is 0.112. The van der Waals surface area contributed by atoms with E-state index in [-0.39, 0.29) is 24.0 Å². The van der Waals surface area contributed by atoms with Gasteiger partial charge in [-0.3, -0.25) is 0 Å². The summed E-state index contributed by atoms with van der Waals surface area (Å²) in [6.07, 6.45) is -0.789. The normalized spacial score (nSPS) is 44.5. The predicted octanol–water partition coefficient (Wildman–Crippen LogP) is 3.89. The van der Waals surface area contributed by atoms with Crippen LogP contribution in [-0.2, 0) is 14.2 Å². The third-order valence-electron chi connectivity index (χ3n) is 6.55. The fraction of sp³-hybridized carbons (Fsp3) is 0.789. The molecule has 3 fully saturated rings. The van der Waals surface area contributed by atoms with E-state index < -0.39 is 29.6 Å². The van der Waals surface area contributed by atoms with E-state index in [0.29, 0.717) is 25.3 Å². The average Bonchev–Trinajstić information content (AvgIpc) is 2.78. The standard InChI is InChI=1S/C19H26F3NO3/c1-4-9-23-10-12-14-6-5-11(2)13-7-8-17(3)25-16(18(13,14)26-17)24-15(12)19(20,21)22/h4,11,13-14,16,23H,1,5-10H2,2-3H3. The Hall–Kier alpha value is -1.05. The van der Waals surface area contributed by atoms with Gasteiger partial charge < -0.3 is 19.5 Å². The number of ether oxygens (including phenoxy) is 3.